The summed E-state index contributed by atoms with van der Waals surface area (Å²) in [5, 5.41) is 11.2. The third-order valence-electron chi connectivity index (χ3n) is 2.39. The van der Waals surface area contributed by atoms with Crippen LogP contribution in [-0.4, -0.2) is 54.1 Å². The van der Waals surface area contributed by atoms with Gasteiger partial charge in [0.05, 0.1) is 13.0 Å². The zero-order chi connectivity index (χ0) is 14.8. The minimum atomic E-state index is -2.53. The van der Waals surface area contributed by atoms with Crippen LogP contribution in [0.5, 0.6) is 0 Å². The maximum atomic E-state index is 11.8. The SMILES string of the molecule is CC(C)N(CCC(N)=NO)C(=O)CCOCC(F)F. The van der Waals surface area contributed by atoms with Crippen LogP contribution in [0.1, 0.15) is 26.7 Å². The first kappa shape index (κ1) is 17.6. The van der Waals surface area contributed by atoms with E-state index < -0.39 is 13.0 Å². The van der Waals surface area contributed by atoms with Gasteiger partial charge in [-0.2, -0.15) is 0 Å². The van der Waals surface area contributed by atoms with Crippen LogP contribution >= 0.6 is 0 Å². The summed E-state index contributed by atoms with van der Waals surface area (Å²) in [5.41, 5.74) is 5.33. The third kappa shape index (κ3) is 8.30. The number of nitrogens with two attached hydrogens (primary N) is 1. The molecule has 0 spiro atoms. The molecule has 0 aliphatic rings. The molecule has 0 rings (SSSR count). The number of hydrogen-bond donors (Lipinski definition) is 2. The molecule has 112 valence electrons. The van der Waals surface area contributed by atoms with Crippen molar-refractivity contribution in [1.82, 2.24) is 4.90 Å². The van der Waals surface area contributed by atoms with Crippen molar-refractivity contribution in [3.05, 3.63) is 0 Å². The number of oxime groups is 1. The van der Waals surface area contributed by atoms with E-state index in [1.807, 2.05) is 13.8 Å². The van der Waals surface area contributed by atoms with Crippen molar-refractivity contribution in [1.29, 1.82) is 0 Å². The van der Waals surface area contributed by atoms with Crippen molar-refractivity contribution in [2.24, 2.45) is 10.9 Å². The van der Waals surface area contributed by atoms with Crippen LogP contribution in [0.4, 0.5) is 8.78 Å². The molecule has 19 heavy (non-hydrogen) atoms. The lowest BCUT2D eigenvalue weighted by Crippen LogP contribution is -2.39. The van der Waals surface area contributed by atoms with Crippen molar-refractivity contribution in [2.75, 3.05) is 19.8 Å². The summed E-state index contributed by atoms with van der Waals surface area (Å²) in [6.07, 6.45) is -2.25. The van der Waals surface area contributed by atoms with Crippen molar-refractivity contribution in [3.8, 4) is 0 Å². The molecule has 0 saturated heterocycles. The molecule has 0 aliphatic heterocycles. The summed E-state index contributed by atoms with van der Waals surface area (Å²) in [6.45, 7) is 3.24. The molecular formula is C11H21F2N3O3. The van der Waals surface area contributed by atoms with Crippen molar-refractivity contribution in [3.63, 3.8) is 0 Å². The lowest BCUT2D eigenvalue weighted by atomic mass is 10.2. The largest absolute Gasteiger partial charge is 0.409 e. The highest BCUT2D eigenvalue weighted by Crippen LogP contribution is 2.04. The van der Waals surface area contributed by atoms with Gasteiger partial charge in [-0.3, -0.25) is 4.79 Å². The van der Waals surface area contributed by atoms with Gasteiger partial charge in [0, 0.05) is 19.0 Å². The second-order valence-electron chi connectivity index (χ2n) is 4.24. The molecule has 0 heterocycles. The highest BCUT2D eigenvalue weighted by Gasteiger charge is 2.17. The number of carbonyl (C=O) groups is 1. The van der Waals surface area contributed by atoms with Gasteiger partial charge in [-0.1, -0.05) is 5.16 Å². The first-order valence-electron chi connectivity index (χ1n) is 6.00. The molecule has 6 nitrogen and oxygen atoms in total. The van der Waals surface area contributed by atoms with Crippen LogP contribution in [0.15, 0.2) is 5.16 Å². The number of rotatable bonds is 9. The van der Waals surface area contributed by atoms with E-state index in [2.05, 4.69) is 9.89 Å². The minimum Gasteiger partial charge on any atom is -0.409 e. The number of halogens is 2. The van der Waals surface area contributed by atoms with E-state index in [1.165, 1.54) is 4.90 Å². The summed E-state index contributed by atoms with van der Waals surface area (Å²) in [6, 6.07) is -0.0610. The maximum absolute atomic E-state index is 11.8. The van der Waals surface area contributed by atoms with Gasteiger partial charge in [0.2, 0.25) is 5.91 Å². The molecule has 3 N–H and O–H groups in total. The second kappa shape index (κ2) is 9.48. The Morgan fingerprint density at radius 1 is 1.42 bits per heavy atom. The molecule has 0 aromatic carbocycles. The highest BCUT2D eigenvalue weighted by atomic mass is 19.3. The van der Waals surface area contributed by atoms with Crippen LogP contribution < -0.4 is 5.73 Å². The molecule has 0 aromatic heterocycles. The molecule has 8 heteroatoms. The van der Waals surface area contributed by atoms with E-state index in [0.717, 1.165) is 0 Å². The summed E-state index contributed by atoms with van der Waals surface area (Å²) in [7, 11) is 0. The van der Waals surface area contributed by atoms with Gasteiger partial charge in [-0.05, 0) is 13.8 Å². The van der Waals surface area contributed by atoms with Gasteiger partial charge in [-0.25, -0.2) is 8.78 Å². The van der Waals surface area contributed by atoms with Gasteiger partial charge in [-0.15, -0.1) is 0 Å². The van der Waals surface area contributed by atoms with Crippen molar-refractivity contribution in [2.45, 2.75) is 39.2 Å². The van der Waals surface area contributed by atoms with Gasteiger partial charge in [0.1, 0.15) is 12.4 Å². The number of hydrogen-bond acceptors (Lipinski definition) is 4. The van der Waals surface area contributed by atoms with Gasteiger partial charge in [0.25, 0.3) is 6.43 Å². The van der Waals surface area contributed by atoms with Crippen molar-refractivity contribution < 1.29 is 23.5 Å². The molecule has 0 aromatic rings. The Kier molecular flexibility index (Phi) is 8.77. The maximum Gasteiger partial charge on any atom is 0.261 e. The number of amidine groups is 1. The molecular weight excluding hydrogens is 260 g/mol. The highest BCUT2D eigenvalue weighted by molar-refractivity contribution is 5.81. The fourth-order valence-corrected chi connectivity index (χ4v) is 1.43. The number of ether oxygens (including phenoxy) is 1. The van der Waals surface area contributed by atoms with Gasteiger partial charge < -0.3 is 20.6 Å². The Morgan fingerprint density at radius 3 is 2.53 bits per heavy atom. The third-order valence-corrected chi connectivity index (χ3v) is 2.39. The van der Waals surface area contributed by atoms with Crippen LogP contribution in [-0.2, 0) is 9.53 Å². The molecule has 0 radical (unpaired) electrons. The Bertz CT molecular complexity index is 299. The van der Waals surface area contributed by atoms with E-state index in [4.69, 9.17) is 10.9 Å². The van der Waals surface area contributed by atoms with Crippen LogP contribution in [0.3, 0.4) is 0 Å². The van der Waals surface area contributed by atoms with Crippen molar-refractivity contribution >= 4 is 11.7 Å². The van der Waals surface area contributed by atoms with E-state index in [9.17, 15) is 13.6 Å². The summed E-state index contributed by atoms with van der Waals surface area (Å²) in [5.74, 6) is -0.178. The fourth-order valence-electron chi connectivity index (χ4n) is 1.43. The Morgan fingerprint density at radius 2 is 2.05 bits per heavy atom. The number of amides is 1. The van der Waals surface area contributed by atoms with Gasteiger partial charge >= 0.3 is 0 Å². The monoisotopic (exact) mass is 281 g/mol. The van der Waals surface area contributed by atoms with E-state index in [-0.39, 0.29) is 37.2 Å². The Balaban J connectivity index is 4.12. The summed E-state index contributed by atoms with van der Waals surface area (Å²) >= 11 is 0. The molecule has 0 unspecified atom stereocenters. The van der Waals surface area contributed by atoms with Crippen LogP contribution in [0.2, 0.25) is 0 Å². The van der Waals surface area contributed by atoms with E-state index >= 15 is 0 Å². The average Bonchev–Trinajstić information content (AvgIpc) is 2.33. The lowest BCUT2D eigenvalue weighted by molar-refractivity contribution is -0.134. The number of alkyl halides is 2. The summed E-state index contributed by atoms with van der Waals surface area (Å²) < 4.78 is 28.3. The Hall–Kier alpha value is -1.44. The second-order valence-corrected chi connectivity index (χ2v) is 4.24. The predicted octanol–water partition coefficient (Wildman–Crippen LogP) is 1.03. The Labute approximate surface area is 111 Å². The van der Waals surface area contributed by atoms with E-state index in [0.29, 0.717) is 6.54 Å². The van der Waals surface area contributed by atoms with E-state index in [1.54, 1.807) is 0 Å². The van der Waals surface area contributed by atoms with Crippen LogP contribution in [0, 0.1) is 0 Å². The average molecular weight is 281 g/mol. The molecule has 0 bridgehead atoms. The first-order chi connectivity index (χ1) is 8.88. The quantitative estimate of drug-likeness (QED) is 0.217. The standard InChI is InChI=1S/C11H21F2N3O3/c1-8(2)16(5-3-10(14)15-18)11(17)4-6-19-7-9(12)13/h8-9,18H,3-7H2,1-2H3,(H2,14,15). The smallest absolute Gasteiger partial charge is 0.261 e. The van der Waals surface area contributed by atoms with Crippen LogP contribution in [0.25, 0.3) is 0 Å². The number of carbonyl (C=O) groups excluding carboxylic acids is 1. The zero-order valence-electron chi connectivity index (χ0n) is 11.2. The molecule has 0 atom stereocenters. The normalized spacial score (nSPS) is 12.2. The topological polar surface area (TPSA) is 88.1 Å². The minimum absolute atomic E-state index is 0.0288. The first-order valence-corrected chi connectivity index (χ1v) is 6.00. The molecule has 0 aliphatic carbocycles. The fraction of sp³-hybridized carbons (Fsp3) is 0.818. The molecule has 1 amide bonds. The van der Waals surface area contributed by atoms with Gasteiger partial charge in [0.15, 0.2) is 0 Å². The molecule has 0 saturated carbocycles. The predicted molar refractivity (Wildman–Crippen MR) is 66.3 cm³/mol. The lowest BCUT2D eigenvalue weighted by Gasteiger charge is -2.26. The zero-order valence-corrected chi connectivity index (χ0v) is 11.2. The number of nitrogens with zero attached hydrogens (tertiary/aromatic N) is 2. The summed E-state index contributed by atoms with van der Waals surface area (Å²) in [4.78, 5) is 13.4. The molecule has 0 fully saturated rings.